The number of ether oxygens (including phenoxy) is 1. The van der Waals surface area contributed by atoms with E-state index in [9.17, 15) is 19.8 Å². The lowest BCUT2D eigenvalue weighted by molar-refractivity contribution is -0.143. The lowest BCUT2D eigenvalue weighted by Crippen LogP contribution is -2.45. The third-order valence-corrected chi connectivity index (χ3v) is 17.7. The van der Waals surface area contributed by atoms with Gasteiger partial charge in [0, 0.05) is 12.8 Å². The van der Waals surface area contributed by atoms with Crippen molar-refractivity contribution in [1.82, 2.24) is 5.32 Å². The molecule has 0 spiro atoms. The largest absolute Gasteiger partial charge is 0.466 e. The zero-order valence-electron chi connectivity index (χ0n) is 55.8. The van der Waals surface area contributed by atoms with Gasteiger partial charge in [0.15, 0.2) is 0 Å². The molecule has 0 aromatic carbocycles. The molecule has 0 rings (SSSR count). The first kappa shape index (κ1) is 80.3. The minimum atomic E-state index is -0.661. The van der Waals surface area contributed by atoms with Gasteiger partial charge in [0.2, 0.25) is 5.91 Å². The second-order valence-corrected chi connectivity index (χ2v) is 26.0. The van der Waals surface area contributed by atoms with Crippen LogP contribution in [0.25, 0.3) is 0 Å². The average molecular weight is 1160 g/mol. The monoisotopic (exact) mass is 1150 g/mol. The van der Waals surface area contributed by atoms with Gasteiger partial charge in [-0.3, -0.25) is 9.59 Å². The number of aliphatic hydroxyl groups excluding tert-OH is 2. The Labute approximate surface area is 513 Å². The molecule has 2 unspecified atom stereocenters. The van der Waals surface area contributed by atoms with E-state index in [1.165, 1.54) is 347 Å². The van der Waals surface area contributed by atoms with Crippen LogP contribution in [0.5, 0.6) is 0 Å². The van der Waals surface area contributed by atoms with Gasteiger partial charge < -0.3 is 20.3 Å². The van der Waals surface area contributed by atoms with Crippen molar-refractivity contribution in [3.05, 3.63) is 24.3 Å². The molecule has 0 saturated heterocycles. The number of hydrogen-bond acceptors (Lipinski definition) is 5. The number of carbonyl (C=O) groups excluding carboxylic acids is 2. The summed E-state index contributed by atoms with van der Waals surface area (Å²) in [5.41, 5.74) is 0. The Morgan fingerprint density at radius 2 is 0.573 bits per heavy atom. The van der Waals surface area contributed by atoms with Crippen LogP contribution in [0.1, 0.15) is 425 Å². The van der Waals surface area contributed by atoms with E-state index in [-0.39, 0.29) is 18.5 Å². The number of allylic oxidation sites excluding steroid dienone is 4. The Kier molecular flexibility index (Phi) is 70.4. The smallest absolute Gasteiger partial charge is 0.305 e. The lowest BCUT2D eigenvalue weighted by atomic mass is 10.0. The normalized spacial score (nSPS) is 12.6. The fraction of sp³-hybridized carbons (Fsp3) is 0.921. The van der Waals surface area contributed by atoms with Gasteiger partial charge in [-0.25, -0.2) is 0 Å². The van der Waals surface area contributed by atoms with Crippen molar-refractivity contribution < 1.29 is 24.5 Å². The molecule has 0 radical (unpaired) electrons. The first-order chi connectivity index (χ1) is 40.5. The van der Waals surface area contributed by atoms with Crippen LogP contribution in [0.2, 0.25) is 0 Å². The molecule has 6 heteroatoms. The van der Waals surface area contributed by atoms with Crippen LogP contribution in [0.4, 0.5) is 0 Å². The summed E-state index contributed by atoms with van der Waals surface area (Å²) in [4.78, 5) is 24.6. The van der Waals surface area contributed by atoms with Crippen LogP contribution in [-0.2, 0) is 14.3 Å². The highest BCUT2D eigenvalue weighted by Crippen LogP contribution is 2.19. The van der Waals surface area contributed by atoms with Gasteiger partial charge in [0.05, 0.1) is 25.4 Å². The summed E-state index contributed by atoms with van der Waals surface area (Å²) in [6.07, 6.45) is 91.2. The van der Waals surface area contributed by atoms with Gasteiger partial charge >= 0.3 is 5.97 Å². The lowest BCUT2D eigenvalue weighted by Gasteiger charge is -2.22. The molecular formula is C76H147NO5. The molecule has 0 fully saturated rings. The SMILES string of the molecule is CCCCCCCC/C=C\CCCCCCCCCC(=O)OCCCCCCCCCCCCCCCC/C=C\CCCCCCCCCCCCCCCCCCCC(=O)NC(CO)C(O)CCCCCCCCCCCCCCC. The van der Waals surface area contributed by atoms with E-state index < -0.39 is 12.1 Å². The van der Waals surface area contributed by atoms with Gasteiger partial charge in [-0.05, 0) is 77.0 Å². The Bertz CT molecular complexity index is 1280. The third-order valence-electron chi connectivity index (χ3n) is 17.7. The summed E-state index contributed by atoms with van der Waals surface area (Å²) in [6, 6.07) is -0.538. The standard InChI is InChI=1S/C76H147NO5/c1-3-5-7-9-11-13-15-17-18-38-42-46-50-54-58-62-66-70-76(81)82-71-67-63-59-55-51-47-43-40-37-35-33-31-29-27-25-23-21-19-20-22-24-26-28-30-32-34-36-39-41-45-49-53-57-61-65-69-75(80)77-73(72-78)74(79)68-64-60-56-52-48-44-16-14-12-10-8-6-4-2/h17-18,21,23,73-74,78-79H,3-16,19-20,22,24-72H2,1-2H3,(H,77,80)/b18-17-,23-21-. The van der Waals surface area contributed by atoms with Crippen molar-refractivity contribution in [2.75, 3.05) is 13.2 Å². The molecule has 0 saturated carbocycles. The minimum Gasteiger partial charge on any atom is -0.466 e. The first-order valence-electron chi connectivity index (χ1n) is 37.6. The predicted octanol–water partition coefficient (Wildman–Crippen LogP) is 24.5. The summed E-state index contributed by atoms with van der Waals surface area (Å²) >= 11 is 0. The van der Waals surface area contributed by atoms with E-state index in [1.807, 2.05) is 0 Å². The maximum Gasteiger partial charge on any atom is 0.305 e. The number of aliphatic hydroxyl groups is 2. The molecule has 2 atom stereocenters. The van der Waals surface area contributed by atoms with Gasteiger partial charge in [0.25, 0.3) is 0 Å². The van der Waals surface area contributed by atoms with Crippen molar-refractivity contribution in [3.63, 3.8) is 0 Å². The summed E-state index contributed by atoms with van der Waals surface area (Å²) in [5, 5.41) is 23.3. The molecule has 82 heavy (non-hydrogen) atoms. The van der Waals surface area contributed by atoms with Crippen LogP contribution < -0.4 is 5.32 Å². The summed E-state index contributed by atoms with van der Waals surface area (Å²) in [6.45, 7) is 4.98. The number of hydrogen-bond donors (Lipinski definition) is 3. The highest BCUT2D eigenvalue weighted by Gasteiger charge is 2.20. The molecule has 0 aliphatic rings. The molecule has 0 aromatic rings. The zero-order valence-corrected chi connectivity index (χ0v) is 55.8. The molecule has 3 N–H and O–H groups in total. The Morgan fingerprint density at radius 3 is 0.866 bits per heavy atom. The second-order valence-electron chi connectivity index (χ2n) is 26.0. The van der Waals surface area contributed by atoms with E-state index in [0.29, 0.717) is 25.9 Å². The Balaban J connectivity index is 3.32. The van der Waals surface area contributed by atoms with E-state index in [4.69, 9.17) is 4.74 Å². The van der Waals surface area contributed by atoms with E-state index in [0.717, 1.165) is 44.9 Å². The number of unbranched alkanes of at least 4 members (excludes halogenated alkanes) is 56. The molecular weight excluding hydrogens is 1010 g/mol. The van der Waals surface area contributed by atoms with Crippen LogP contribution in [-0.4, -0.2) is 47.4 Å². The summed E-state index contributed by atoms with van der Waals surface area (Å²) < 4.78 is 5.51. The zero-order chi connectivity index (χ0) is 59.2. The second kappa shape index (κ2) is 71.8. The average Bonchev–Trinajstić information content (AvgIpc) is 3.48. The molecule has 0 aromatic heterocycles. The number of amides is 1. The third kappa shape index (κ3) is 67.5. The molecule has 0 bridgehead atoms. The van der Waals surface area contributed by atoms with Crippen LogP contribution in [0.3, 0.4) is 0 Å². The first-order valence-corrected chi connectivity index (χ1v) is 37.6. The molecule has 486 valence electrons. The molecule has 1 amide bonds. The number of esters is 1. The van der Waals surface area contributed by atoms with Crippen molar-refractivity contribution >= 4 is 11.9 Å². The predicted molar refractivity (Wildman–Crippen MR) is 361 cm³/mol. The quantitative estimate of drug-likeness (QED) is 0.0320. The van der Waals surface area contributed by atoms with Crippen molar-refractivity contribution in [2.45, 2.75) is 437 Å². The number of carbonyl (C=O) groups is 2. The van der Waals surface area contributed by atoms with Crippen LogP contribution in [0.15, 0.2) is 24.3 Å². The molecule has 6 nitrogen and oxygen atoms in total. The fourth-order valence-corrected chi connectivity index (χ4v) is 12.0. The van der Waals surface area contributed by atoms with Crippen LogP contribution >= 0.6 is 0 Å². The van der Waals surface area contributed by atoms with Crippen molar-refractivity contribution in [1.29, 1.82) is 0 Å². The summed E-state index contributed by atoms with van der Waals surface area (Å²) in [5.74, 6) is -0.0114. The van der Waals surface area contributed by atoms with Crippen molar-refractivity contribution in [3.8, 4) is 0 Å². The Morgan fingerprint density at radius 1 is 0.329 bits per heavy atom. The van der Waals surface area contributed by atoms with E-state index in [2.05, 4.69) is 43.5 Å². The Hall–Kier alpha value is -1.66. The topological polar surface area (TPSA) is 95.9 Å². The number of nitrogens with one attached hydrogen (secondary N) is 1. The van der Waals surface area contributed by atoms with E-state index >= 15 is 0 Å². The maximum absolute atomic E-state index is 12.5. The van der Waals surface area contributed by atoms with Crippen molar-refractivity contribution in [2.24, 2.45) is 0 Å². The van der Waals surface area contributed by atoms with E-state index in [1.54, 1.807) is 0 Å². The maximum atomic E-state index is 12.5. The summed E-state index contributed by atoms with van der Waals surface area (Å²) in [7, 11) is 0. The van der Waals surface area contributed by atoms with Gasteiger partial charge in [0.1, 0.15) is 0 Å². The minimum absolute atomic E-state index is 0.0176. The highest BCUT2D eigenvalue weighted by atomic mass is 16.5. The fourth-order valence-electron chi connectivity index (χ4n) is 12.0. The van der Waals surface area contributed by atoms with Crippen LogP contribution in [0, 0.1) is 0 Å². The van der Waals surface area contributed by atoms with Gasteiger partial charge in [-0.2, -0.15) is 0 Å². The van der Waals surface area contributed by atoms with Gasteiger partial charge in [-0.15, -0.1) is 0 Å². The highest BCUT2D eigenvalue weighted by molar-refractivity contribution is 5.76. The van der Waals surface area contributed by atoms with Gasteiger partial charge in [-0.1, -0.05) is 359 Å². The molecule has 0 aliphatic carbocycles. The molecule has 0 heterocycles. The molecule has 0 aliphatic heterocycles. The number of rotatable bonds is 71.